The molecule has 1 aliphatic heterocycles. The summed E-state index contributed by atoms with van der Waals surface area (Å²) in [4.78, 5) is 11.5. The molecule has 1 fully saturated rings. The van der Waals surface area contributed by atoms with Crippen molar-refractivity contribution < 1.29 is 4.74 Å². The van der Waals surface area contributed by atoms with Gasteiger partial charge in [-0.2, -0.15) is 11.8 Å². The van der Waals surface area contributed by atoms with E-state index in [4.69, 9.17) is 4.74 Å². The molecule has 0 spiro atoms. The first-order valence-electron chi connectivity index (χ1n) is 7.29. The van der Waals surface area contributed by atoms with Crippen LogP contribution in [0.2, 0.25) is 0 Å². The van der Waals surface area contributed by atoms with E-state index in [-0.39, 0.29) is 0 Å². The van der Waals surface area contributed by atoms with Crippen LogP contribution in [0.15, 0.2) is 6.07 Å². The minimum atomic E-state index is 0.473. The molecule has 1 aromatic heterocycles. The smallest absolute Gasteiger partial charge is 0.158 e. The summed E-state index contributed by atoms with van der Waals surface area (Å²) in [6.07, 6.45) is 0. The monoisotopic (exact) mass is 296 g/mol. The van der Waals surface area contributed by atoms with Gasteiger partial charge in [-0.3, -0.25) is 0 Å². The lowest BCUT2D eigenvalue weighted by molar-refractivity contribution is 0.128. The van der Waals surface area contributed by atoms with Crippen LogP contribution in [-0.2, 0) is 11.3 Å². The Morgan fingerprint density at radius 3 is 3.00 bits per heavy atom. The number of ether oxygens (including phenoxy) is 1. The number of hydrogen-bond acceptors (Lipinski definition) is 6. The lowest BCUT2D eigenvalue weighted by Gasteiger charge is -2.31. The Morgan fingerprint density at radius 2 is 2.30 bits per heavy atom. The van der Waals surface area contributed by atoms with Crippen molar-refractivity contribution in [2.75, 3.05) is 42.2 Å². The van der Waals surface area contributed by atoms with Gasteiger partial charge in [0, 0.05) is 43.3 Å². The number of thioether (sulfide) groups is 1. The molecule has 20 heavy (non-hydrogen) atoms. The van der Waals surface area contributed by atoms with Crippen LogP contribution in [0.4, 0.5) is 11.6 Å². The largest absolute Gasteiger partial charge is 0.374 e. The predicted octanol–water partition coefficient (Wildman–Crippen LogP) is 2.39. The second kappa shape index (κ2) is 7.69. The van der Waals surface area contributed by atoms with E-state index in [9.17, 15) is 0 Å². The topological polar surface area (TPSA) is 50.3 Å². The van der Waals surface area contributed by atoms with E-state index in [1.54, 1.807) is 0 Å². The Kier molecular flexibility index (Phi) is 5.91. The number of nitrogens with zero attached hydrogens (tertiary/aromatic N) is 3. The van der Waals surface area contributed by atoms with Crippen LogP contribution in [0.3, 0.4) is 0 Å². The fourth-order valence-electron chi connectivity index (χ4n) is 2.20. The quantitative estimate of drug-likeness (QED) is 0.870. The molecule has 6 heteroatoms. The zero-order valence-corrected chi connectivity index (χ0v) is 13.4. The Bertz CT molecular complexity index is 430. The summed E-state index contributed by atoms with van der Waals surface area (Å²) < 4.78 is 5.44. The van der Waals surface area contributed by atoms with Gasteiger partial charge < -0.3 is 15.0 Å². The molecule has 0 bridgehead atoms. The lowest BCUT2D eigenvalue weighted by Crippen LogP contribution is -2.37. The molecule has 0 aliphatic carbocycles. The van der Waals surface area contributed by atoms with Crippen molar-refractivity contribution in [1.29, 1.82) is 0 Å². The summed E-state index contributed by atoms with van der Waals surface area (Å²) in [5.74, 6) is 3.81. The zero-order valence-electron chi connectivity index (χ0n) is 12.6. The highest BCUT2D eigenvalue weighted by molar-refractivity contribution is 8.00. The zero-order chi connectivity index (χ0) is 14.4. The summed E-state index contributed by atoms with van der Waals surface area (Å²) >= 11 is 2.02. The van der Waals surface area contributed by atoms with Crippen molar-refractivity contribution in [2.24, 2.45) is 0 Å². The predicted molar refractivity (Wildman–Crippen MR) is 85.7 cm³/mol. The molecule has 0 aromatic carbocycles. The second-order valence-electron chi connectivity index (χ2n) is 4.82. The van der Waals surface area contributed by atoms with Crippen LogP contribution >= 0.6 is 11.8 Å². The first kappa shape index (κ1) is 15.4. The van der Waals surface area contributed by atoms with E-state index in [2.05, 4.69) is 34.0 Å². The fraction of sp³-hybridized carbons (Fsp3) is 0.714. The van der Waals surface area contributed by atoms with E-state index in [0.717, 1.165) is 42.8 Å². The molecule has 1 atom stereocenters. The number of anilines is 2. The lowest BCUT2D eigenvalue weighted by atomic mass is 10.3. The summed E-state index contributed by atoms with van der Waals surface area (Å²) in [6.45, 7) is 10.4. The fourth-order valence-corrected chi connectivity index (χ4v) is 3.21. The average Bonchev–Trinajstić information content (AvgIpc) is 2.45. The second-order valence-corrected chi connectivity index (χ2v) is 6.37. The van der Waals surface area contributed by atoms with E-state index < -0.39 is 0 Å². The van der Waals surface area contributed by atoms with Crippen molar-refractivity contribution in [3.05, 3.63) is 11.9 Å². The van der Waals surface area contributed by atoms with Gasteiger partial charge in [-0.1, -0.05) is 6.92 Å². The maximum Gasteiger partial charge on any atom is 0.158 e. The molecule has 1 unspecified atom stereocenters. The molecule has 1 aliphatic rings. The summed E-state index contributed by atoms with van der Waals surface area (Å²) in [7, 11) is 0. The molecule has 1 saturated heterocycles. The first-order chi connectivity index (χ1) is 9.72. The molecular formula is C14H24N4OS. The van der Waals surface area contributed by atoms with Gasteiger partial charge in [0.15, 0.2) is 5.82 Å². The normalized spacial score (nSPS) is 19.1. The first-order valence-corrected chi connectivity index (χ1v) is 8.34. The van der Waals surface area contributed by atoms with Gasteiger partial charge in [0.25, 0.3) is 0 Å². The van der Waals surface area contributed by atoms with Gasteiger partial charge in [-0.15, -0.1) is 0 Å². The Morgan fingerprint density at radius 1 is 1.45 bits per heavy atom. The molecular weight excluding hydrogens is 272 g/mol. The van der Waals surface area contributed by atoms with Gasteiger partial charge in [0.2, 0.25) is 0 Å². The highest BCUT2D eigenvalue weighted by Crippen LogP contribution is 2.24. The number of hydrogen-bond donors (Lipinski definition) is 1. The van der Waals surface area contributed by atoms with Crippen molar-refractivity contribution in [3.63, 3.8) is 0 Å². The van der Waals surface area contributed by atoms with Crippen LogP contribution < -0.4 is 10.2 Å². The molecule has 1 aromatic rings. The van der Waals surface area contributed by atoms with Crippen molar-refractivity contribution >= 4 is 23.4 Å². The van der Waals surface area contributed by atoms with Crippen LogP contribution in [0, 0.1) is 0 Å². The maximum absolute atomic E-state index is 5.44. The highest BCUT2D eigenvalue weighted by atomic mass is 32.2. The number of rotatable bonds is 6. The summed E-state index contributed by atoms with van der Waals surface area (Å²) in [6, 6.07) is 2.04. The van der Waals surface area contributed by atoms with E-state index >= 15 is 0 Å². The molecule has 2 heterocycles. The molecule has 5 nitrogen and oxygen atoms in total. The summed E-state index contributed by atoms with van der Waals surface area (Å²) in [5.41, 5.74) is 0. The molecule has 2 rings (SSSR count). The minimum absolute atomic E-state index is 0.473. The van der Waals surface area contributed by atoms with Gasteiger partial charge in [0.05, 0.1) is 0 Å². The minimum Gasteiger partial charge on any atom is -0.374 e. The van der Waals surface area contributed by atoms with Gasteiger partial charge >= 0.3 is 0 Å². The molecule has 0 radical (unpaired) electrons. The molecule has 1 N–H and O–H groups in total. The van der Waals surface area contributed by atoms with Crippen LogP contribution in [0.1, 0.15) is 26.6 Å². The Labute approximate surface area is 125 Å². The highest BCUT2D eigenvalue weighted by Gasteiger charge is 2.19. The molecule has 0 amide bonds. The van der Waals surface area contributed by atoms with Crippen molar-refractivity contribution in [1.82, 2.24) is 9.97 Å². The van der Waals surface area contributed by atoms with Crippen molar-refractivity contribution in [2.45, 2.75) is 32.6 Å². The molecule has 112 valence electrons. The average molecular weight is 296 g/mol. The Balaban J connectivity index is 2.18. The van der Waals surface area contributed by atoms with Crippen molar-refractivity contribution in [3.8, 4) is 0 Å². The van der Waals surface area contributed by atoms with Gasteiger partial charge in [-0.05, 0) is 13.8 Å². The summed E-state index contributed by atoms with van der Waals surface area (Å²) in [5, 5.41) is 3.93. The maximum atomic E-state index is 5.44. The number of aromatic nitrogens is 2. The van der Waals surface area contributed by atoms with E-state index in [0.29, 0.717) is 18.5 Å². The standard InChI is InChI=1S/C14H24N4OS/c1-4-15-12-8-14(17-13(16-12)10-19-5-2)18-6-7-20-11(3)9-18/h8,11H,4-7,9-10H2,1-3H3,(H,15,16,17). The van der Waals surface area contributed by atoms with Gasteiger partial charge in [-0.25, -0.2) is 9.97 Å². The van der Waals surface area contributed by atoms with Crippen LogP contribution in [-0.4, -0.2) is 47.2 Å². The Hall–Kier alpha value is -1.01. The van der Waals surface area contributed by atoms with Gasteiger partial charge in [0.1, 0.15) is 18.2 Å². The third kappa shape index (κ3) is 4.24. The number of nitrogens with one attached hydrogen (secondary N) is 1. The third-order valence-electron chi connectivity index (χ3n) is 3.12. The van der Waals surface area contributed by atoms with E-state index in [1.807, 2.05) is 24.8 Å². The third-order valence-corrected chi connectivity index (χ3v) is 4.25. The molecule has 0 saturated carbocycles. The SMILES string of the molecule is CCNc1cc(N2CCSC(C)C2)nc(COCC)n1. The van der Waals surface area contributed by atoms with E-state index in [1.165, 1.54) is 0 Å². The van der Waals surface area contributed by atoms with Crippen LogP contribution in [0.25, 0.3) is 0 Å². The van der Waals surface area contributed by atoms with Crippen LogP contribution in [0.5, 0.6) is 0 Å².